The third-order valence-electron chi connectivity index (χ3n) is 4.82. The number of nitrogens with zero attached hydrogens (tertiary/aromatic N) is 2. The van der Waals surface area contributed by atoms with Crippen molar-refractivity contribution in [3.63, 3.8) is 0 Å². The number of nitrogens with one attached hydrogen (secondary N) is 1. The number of rotatable bonds is 5. The van der Waals surface area contributed by atoms with E-state index in [0.29, 0.717) is 36.1 Å². The van der Waals surface area contributed by atoms with Gasteiger partial charge in [0.15, 0.2) is 0 Å². The number of oxazole rings is 1. The molecule has 1 aliphatic rings. The summed E-state index contributed by atoms with van der Waals surface area (Å²) in [5, 5.41) is 2.98. The maximum atomic E-state index is 13.5. The Hall–Kier alpha value is -3.19. The van der Waals surface area contributed by atoms with Crippen molar-refractivity contribution in [3.8, 4) is 11.5 Å². The number of aromatic nitrogens is 1. The summed E-state index contributed by atoms with van der Waals surface area (Å²) in [5.74, 6) is 0.296. The van der Waals surface area contributed by atoms with Crippen molar-refractivity contribution in [2.24, 2.45) is 0 Å². The number of carbonyl (C=O) groups is 1. The van der Waals surface area contributed by atoms with E-state index >= 15 is 0 Å². The van der Waals surface area contributed by atoms with Gasteiger partial charge in [-0.1, -0.05) is 18.2 Å². The van der Waals surface area contributed by atoms with Gasteiger partial charge in [-0.2, -0.15) is 0 Å². The van der Waals surface area contributed by atoms with Crippen LogP contribution in [0.25, 0.3) is 11.5 Å². The van der Waals surface area contributed by atoms with Crippen molar-refractivity contribution >= 4 is 17.3 Å². The molecule has 6 nitrogen and oxygen atoms in total. The fourth-order valence-electron chi connectivity index (χ4n) is 3.34. The third kappa shape index (κ3) is 4.46. The van der Waals surface area contributed by atoms with Gasteiger partial charge >= 0.3 is 0 Å². The third-order valence-corrected chi connectivity index (χ3v) is 4.82. The Morgan fingerprint density at radius 1 is 1.17 bits per heavy atom. The van der Waals surface area contributed by atoms with E-state index in [1.807, 2.05) is 24.3 Å². The van der Waals surface area contributed by atoms with Crippen molar-refractivity contribution in [1.82, 2.24) is 4.98 Å². The van der Waals surface area contributed by atoms with Crippen LogP contribution < -0.4 is 10.2 Å². The minimum atomic E-state index is -0.364. The largest absolute Gasteiger partial charge is 0.441 e. The Morgan fingerprint density at radius 2 is 1.97 bits per heavy atom. The van der Waals surface area contributed by atoms with Crippen LogP contribution in [0.5, 0.6) is 0 Å². The van der Waals surface area contributed by atoms with E-state index in [-0.39, 0.29) is 18.1 Å². The molecular weight excluding hydrogens is 373 g/mol. The Morgan fingerprint density at radius 3 is 2.76 bits per heavy atom. The molecule has 3 aromatic rings. The molecule has 1 N–H and O–H groups in total. The summed E-state index contributed by atoms with van der Waals surface area (Å²) in [6.07, 6.45) is 0.0715. The van der Waals surface area contributed by atoms with Crippen LogP contribution in [0.1, 0.15) is 11.5 Å². The minimum Gasteiger partial charge on any atom is -0.441 e. The van der Waals surface area contributed by atoms with Crippen molar-refractivity contribution < 1.29 is 18.3 Å². The average Bonchev–Trinajstić information content (AvgIpc) is 3.09. The van der Waals surface area contributed by atoms with Gasteiger partial charge in [-0.15, -0.1) is 0 Å². The number of hydrogen-bond donors (Lipinski definition) is 1. The molecule has 1 fully saturated rings. The molecule has 0 atom stereocenters. The lowest BCUT2D eigenvalue weighted by atomic mass is 10.2. The molecule has 0 spiro atoms. The van der Waals surface area contributed by atoms with Gasteiger partial charge in [0, 0.05) is 18.7 Å². The van der Waals surface area contributed by atoms with Crippen LogP contribution in [-0.2, 0) is 16.0 Å². The molecule has 2 heterocycles. The van der Waals surface area contributed by atoms with E-state index in [4.69, 9.17) is 9.15 Å². The van der Waals surface area contributed by atoms with Gasteiger partial charge in [0.2, 0.25) is 11.8 Å². The fourth-order valence-corrected chi connectivity index (χ4v) is 3.34. The fraction of sp³-hybridized carbons (Fsp3) is 0.273. The lowest BCUT2D eigenvalue weighted by Crippen LogP contribution is -2.36. The zero-order chi connectivity index (χ0) is 20.2. The first kappa shape index (κ1) is 19.1. The maximum absolute atomic E-state index is 13.5. The molecule has 29 heavy (non-hydrogen) atoms. The quantitative estimate of drug-likeness (QED) is 0.712. The predicted molar refractivity (Wildman–Crippen MR) is 108 cm³/mol. The smallest absolute Gasteiger partial charge is 0.230 e. The van der Waals surface area contributed by atoms with Crippen LogP contribution in [-0.4, -0.2) is 37.2 Å². The van der Waals surface area contributed by atoms with Crippen molar-refractivity contribution in [1.29, 1.82) is 0 Å². The van der Waals surface area contributed by atoms with Crippen LogP contribution in [0.4, 0.5) is 15.8 Å². The van der Waals surface area contributed by atoms with Crippen molar-refractivity contribution in [2.45, 2.75) is 13.3 Å². The molecule has 0 radical (unpaired) electrons. The standard InChI is InChI=1S/C22H22FN3O3/c1-15-19(25-22(29-15)16-5-4-6-17(23)13-16)14-21(27)24-18-7-2-3-8-20(18)26-9-11-28-12-10-26/h2-8,13H,9-12,14H2,1H3,(H,24,27). The molecular formula is C22H22FN3O3. The first-order chi connectivity index (χ1) is 14.1. The Bertz CT molecular complexity index is 1010. The van der Waals surface area contributed by atoms with E-state index < -0.39 is 0 Å². The van der Waals surface area contributed by atoms with Crippen LogP contribution >= 0.6 is 0 Å². The van der Waals surface area contributed by atoms with E-state index in [1.54, 1.807) is 19.1 Å². The molecule has 2 aromatic carbocycles. The van der Waals surface area contributed by atoms with Crippen LogP contribution in [0, 0.1) is 12.7 Å². The molecule has 4 rings (SSSR count). The molecule has 1 aliphatic heterocycles. The summed E-state index contributed by atoms with van der Waals surface area (Å²) in [6, 6.07) is 13.8. The van der Waals surface area contributed by atoms with Gasteiger partial charge in [0.25, 0.3) is 0 Å². The molecule has 0 unspecified atom stereocenters. The highest BCUT2D eigenvalue weighted by Crippen LogP contribution is 2.27. The number of para-hydroxylation sites is 2. The summed E-state index contributed by atoms with van der Waals surface area (Å²) in [4.78, 5) is 19.3. The zero-order valence-corrected chi connectivity index (χ0v) is 16.2. The number of halogens is 1. The Labute approximate surface area is 168 Å². The maximum Gasteiger partial charge on any atom is 0.230 e. The second kappa shape index (κ2) is 8.45. The van der Waals surface area contributed by atoms with E-state index in [9.17, 15) is 9.18 Å². The number of morpholine rings is 1. The number of aryl methyl sites for hydroxylation is 1. The molecule has 1 aromatic heterocycles. The summed E-state index contributed by atoms with van der Waals surface area (Å²) in [6.45, 7) is 4.66. The number of ether oxygens (including phenoxy) is 1. The van der Waals surface area contributed by atoms with Gasteiger partial charge in [-0.05, 0) is 37.3 Å². The number of carbonyl (C=O) groups excluding carboxylic acids is 1. The second-order valence-corrected chi connectivity index (χ2v) is 6.87. The molecule has 0 bridgehead atoms. The number of benzene rings is 2. The molecule has 1 amide bonds. The summed E-state index contributed by atoms with van der Waals surface area (Å²) >= 11 is 0. The van der Waals surface area contributed by atoms with Crippen LogP contribution in [0.3, 0.4) is 0 Å². The lowest BCUT2D eigenvalue weighted by Gasteiger charge is -2.30. The molecule has 1 saturated heterocycles. The van der Waals surface area contributed by atoms with Gasteiger partial charge < -0.3 is 19.4 Å². The predicted octanol–water partition coefficient (Wildman–Crippen LogP) is 3.81. The normalized spacial score (nSPS) is 14.1. The minimum absolute atomic E-state index is 0.0715. The van der Waals surface area contributed by atoms with E-state index in [0.717, 1.165) is 24.5 Å². The average molecular weight is 395 g/mol. The molecule has 0 aliphatic carbocycles. The van der Waals surface area contributed by atoms with Crippen LogP contribution in [0.15, 0.2) is 52.9 Å². The first-order valence-corrected chi connectivity index (χ1v) is 9.54. The summed E-state index contributed by atoms with van der Waals surface area (Å²) < 4.78 is 24.5. The monoisotopic (exact) mass is 395 g/mol. The summed E-state index contributed by atoms with van der Waals surface area (Å²) in [5.41, 5.74) is 2.80. The zero-order valence-electron chi connectivity index (χ0n) is 16.2. The van der Waals surface area contributed by atoms with Gasteiger partial charge in [-0.3, -0.25) is 4.79 Å². The highest BCUT2D eigenvalue weighted by Gasteiger charge is 2.18. The number of amides is 1. The van der Waals surface area contributed by atoms with Crippen LogP contribution in [0.2, 0.25) is 0 Å². The highest BCUT2D eigenvalue weighted by molar-refractivity contribution is 5.95. The SMILES string of the molecule is Cc1oc(-c2cccc(F)c2)nc1CC(=O)Nc1ccccc1N1CCOCC1. The molecule has 7 heteroatoms. The Kier molecular flexibility index (Phi) is 5.57. The second-order valence-electron chi connectivity index (χ2n) is 6.87. The molecule has 150 valence electrons. The van der Waals surface area contributed by atoms with E-state index in [2.05, 4.69) is 15.2 Å². The number of hydrogen-bond acceptors (Lipinski definition) is 5. The van der Waals surface area contributed by atoms with Gasteiger partial charge in [-0.25, -0.2) is 9.37 Å². The lowest BCUT2D eigenvalue weighted by molar-refractivity contribution is -0.115. The van der Waals surface area contributed by atoms with Crippen molar-refractivity contribution in [2.75, 3.05) is 36.5 Å². The number of anilines is 2. The summed E-state index contributed by atoms with van der Waals surface area (Å²) in [7, 11) is 0. The highest BCUT2D eigenvalue weighted by atomic mass is 19.1. The van der Waals surface area contributed by atoms with Gasteiger partial charge in [0.1, 0.15) is 11.6 Å². The first-order valence-electron chi connectivity index (χ1n) is 9.54. The van der Waals surface area contributed by atoms with E-state index in [1.165, 1.54) is 12.1 Å². The Balaban J connectivity index is 1.48. The van der Waals surface area contributed by atoms with Crippen molar-refractivity contribution in [3.05, 3.63) is 65.8 Å². The molecule has 0 saturated carbocycles. The topological polar surface area (TPSA) is 67.6 Å². The van der Waals surface area contributed by atoms with Gasteiger partial charge in [0.05, 0.1) is 36.7 Å².